The van der Waals surface area contributed by atoms with Crippen LogP contribution < -0.4 is 14.5 Å². The number of quaternary nitrogens is 1. The average Bonchev–Trinajstić information content (AvgIpc) is 3.12. The molecule has 1 fully saturated rings. The maximum atomic E-state index is 12.9. The van der Waals surface area contributed by atoms with Crippen LogP contribution in [0.25, 0.3) is 10.9 Å². The molecule has 0 saturated carbocycles. The molecule has 0 radical (unpaired) electrons. The first-order valence-electron chi connectivity index (χ1n) is 9.16. The van der Waals surface area contributed by atoms with Crippen LogP contribution in [-0.4, -0.2) is 50.6 Å². The van der Waals surface area contributed by atoms with Gasteiger partial charge in [-0.15, -0.1) is 0 Å². The molecular formula is C21H23ClN3O2+. The fraction of sp³-hybridized carbons (Fsp3) is 0.286. The number of hydrogen-bond donors (Lipinski definition) is 2. The van der Waals surface area contributed by atoms with E-state index in [1.54, 1.807) is 7.11 Å². The zero-order chi connectivity index (χ0) is 18.8. The summed E-state index contributed by atoms with van der Waals surface area (Å²) in [6, 6.07) is 13.7. The molecular weight excluding hydrogens is 362 g/mol. The molecule has 6 heteroatoms. The summed E-state index contributed by atoms with van der Waals surface area (Å²) >= 11 is 5.97. The molecule has 2 heterocycles. The highest BCUT2D eigenvalue weighted by atomic mass is 35.5. The van der Waals surface area contributed by atoms with Gasteiger partial charge < -0.3 is 19.5 Å². The highest BCUT2D eigenvalue weighted by Gasteiger charge is 2.24. The molecule has 0 amide bonds. The molecule has 0 atom stereocenters. The van der Waals surface area contributed by atoms with Crippen LogP contribution in [0.15, 0.2) is 48.7 Å². The number of hydrogen-bond acceptors (Lipinski definition) is 3. The van der Waals surface area contributed by atoms with Gasteiger partial charge in [-0.25, -0.2) is 0 Å². The lowest BCUT2D eigenvalue weighted by Gasteiger charge is -2.33. The first-order valence-corrected chi connectivity index (χ1v) is 9.54. The second kappa shape index (κ2) is 7.62. The number of nitrogens with one attached hydrogen (secondary N) is 2. The number of benzene rings is 2. The van der Waals surface area contributed by atoms with E-state index in [4.69, 9.17) is 16.3 Å². The van der Waals surface area contributed by atoms with Crippen LogP contribution in [0.4, 0.5) is 5.69 Å². The Morgan fingerprint density at radius 3 is 2.63 bits per heavy atom. The Hall–Kier alpha value is -2.50. The number of H-pyrrole nitrogens is 1. The van der Waals surface area contributed by atoms with Crippen molar-refractivity contribution >= 4 is 34.0 Å². The van der Waals surface area contributed by atoms with E-state index in [0.717, 1.165) is 53.4 Å². The first-order chi connectivity index (χ1) is 13.1. The number of halogens is 1. The Kier molecular flexibility index (Phi) is 5.05. The van der Waals surface area contributed by atoms with Crippen LogP contribution in [0.2, 0.25) is 5.02 Å². The van der Waals surface area contributed by atoms with Crippen molar-refractivity contribution in [3.05, 3.63) is 59.2 Å². The number of piperazine rings is 1. The van der Waals surface area contributed by atoms with E-state index in [-0.39, 0.29) is 5.78 Å². The fourth-order valence-corrected chi connectivity index (χ4v) is 3.82. The van der Waals surface area contributed by atoms with Gasteiger partial charge in [0.2, 0.25) is 5.78 Å². The third-order valence-electron chi connectivity index (χ3n) is 5.26. The summed E-state index contributed by atoms with van der Waals surface area (Å²) in [5.41, 5.74) is 2.90. The van der Waals surface area contributed by atoms with Gasteiger partial charge in [0.05, 0.1) is 33.3 Å². The molecule has 2 aromatic carbocycles. The van der Waals surface area contributed by atoms with Gasteiger partial charge in [-0.2, -0.15) is 0 Å². The number of ketones is 1. The molecule has 1 aliphatic heterocycles. The van der Waals surface area contributed by atoms with Crippen molar-refractivity contribution in [2.45, 2.75) is 0 Å². The summed E-state index contributed by atoms with van der Waals surface area (Å²) in [7, 11) is 1.64. The van der Waals surface area contributed by atoms with Crippen molar-refractivity contribution in [1.82, 2.24) is 4.98 Å². The summed E-state index contributed by atoms with van der Waals surface area (Å²) in [5.74, 6) is 0.935. The minimum absolute atomic E-state index is 0.171. The quantitative estimate of drug-likeness (QED) is 0.664. The number of aromatic nitrogens is 1. The highest BCUT2D eigenvalue weighted by Crippen LogP contribution is 2.23. The van der Waals surface area contributed by atoms with Gasteiger partial charge in [0.25, 0.3) is 0 Å². The summed E-state index contributed by atoms with van der Waals surface area (Å²) in [5, 5.41) is 1.68. The number of anilines is 1. The Morgan fingerprint density at radius 1 is 1.19 bits per heavy atom. The van der Waals surface area contributed by atoms with Gasteiger partial charge in [-0.05, 0) is 42.5 Å². The van der Waals surface area contributed by atoms with Crippen LogP contribution >= 0.6 is 11.6 Å². The summed E-state index contributed by atoms with van der Waals surface area (Å²) < 4.78 is 5.29. The van der Waals surface area contributed by atoms with E-state index in [9.17, 15) is 4.79 Å². The van der Waals surface area contributed by atoms with Crippen molar-refractivity contribution in [2.75, 3.05) is 44.7 Å². The third-order valence-corrected chi connectivity index (χ3v) is 5.51. The van der Waals surface area contributed by atoms with Crippen LogP contribution in [0.3, 0.4) is 0 Å². The molecule has 27 heavy (non-hydrogen) atoms. The predicted molar refractivity (Wildman–Crippen MR) is 108 cm³/mol. The second-order valence-electron chi connectivity index (χ2n) is 6.93. The van der Waals surface area contributed by atoms with Gasteiger partial charge in [-0.1, -0.05) is 11.6 Å². The third kappa shape index (κ3) is 3.80. The molecule has 0 unspecified atom stereocenters. The van der Waals surface area contributed by atoms with Crippen LogP contribution in [0.1, 0.15) is 10.4 Å². The number of aromatic amines is 1. The van der Waals surface area contributed by atoms with Crippen LogP contribution in [0.5, 0.6) is 5.75 Å². The number of methoxy groups -OCH3 is 1. The number of nitrogens with zero attached hydrogens (tertiary/aromatic N) is 1. The number of Topliss-reactive ketones (excluding diaryl/α,β-unsaturated/α-hetero) is 1. The molecule has 1 saturated heterocycles. The van der Waals surface area contributed by atoms with Gasteiger partial charge in [-0.3, -0.25) is 4.79 Å². The van der Waals surface area contributed by atoms with Gasteiger partial charge >= 0.3 is 0 Å². The Morgan fingerprint density at radius 2 is 1.93 bits per heavy atom. The highest BCUT2D eigenvalue weighted by molar-refractivity contribution is 6.30. The van der Waals surface area contributed by atoms with E-state index in [1.807, 2.05) is 36.5 Å². The molecule has 140 valence electrons. The molecule has 4 rings (SSSR count). The van der Waals surface area contributed by atoms with Crippen molar-refractivity contribution in [3.63, 3.8) is 0 Å². The zero-order valence-corrected chi connectivity index (χ0v) is 16.1. The molecule has 1 aromatic heterocycles. The number of carbonyl (C=O) groups is 1. The predicted octanol–water partition coefficient (Wildman–Crippen LogP) is 2.42. The van der Waals surface area contributed by atoms with E-state index in [1.165, 1.54) is 10.6 Å². The lowest BCUT2D eigenvalue weighted by Crippen LogP contribution is -3.15. The van der Waals surface area contributed by atoms with Crippen LogP contribution in [-0.2, 0) is 0 Å². The van der Waals surface area contributed by atoms with Crippen LogP contribution in [0, 0.1) is 0 Å². The zero-order valence-electron chi connectivity index (χ0n) is 15.3. The topological polar surface area (TPSA) is 49.8 Å². The van der Waals surface area contributed by atoms with Crippen molar-refractivity contribution in [2.24, 2.45) is 0 Å². The Balaban J connectivity index is 1.40. The number of carbonyl (C=O) groups excluding carboxylic acids is 1. The smallest absolute Gasteiger partial charge is 0.219 e. The molecule has 1 aliphatic rings. The largest absolute Gasteiger partial charge is 0.497 e. The summed E-state index contributed by atoms with van der Waals surface area (Å²) in [6.45, 7) is 4.27. The van der Waals surface area contributed by atoms with Crippen molar-refractivity contribution < 1.29 is 14.4 Å². The minimum atomic E-state index is 0.171. The van der Waals surface area contributed by atoms with Crippen molar-refractivity contribution in [3.8, 4) is 5.75 Å². The standard InChI is InChI=1S/C21H22ClN3O2/c1-27-17-6-7-20-18(12-17)19(13-23-20)21(26)14-24-8-10-25(11-9-24)16-4-2-15(22)3-5-16/h2-7,12-13,23H,8-11,14H2,1H3/p+1. The lowest BCUT2D eigenvalue weighted by atomic mass is 10.1. The normalized spacial score (nSPS) is 15.3. The minimum Gasteiger partial charge on any atom is -0.497 e. The lowest BCUT2D eigenvalue weighted by molar-refractivity contribution is -0.892. The molecule has 0 spiro atoms. The summed E-state index contributed by atoms with van der Waals surface area (Å²) in [4.78, 5) is 19.7. The van der Waals surface area contributed by atoms with Gasteiger partial charge in [0.1, 0.15) is 12.3 Å². The maximum absolute atomic E-state index is 12.9. The number of rotatable bonds is 5. The fourth-order valence-electron chi connectivity index (χ4n) is 3.69. The molecule has 0 aliphatic carbocycles. The average molecular weight is 385 g/mol. The monoisotopic (exact) mass is 384 g/mol. The summed E-state index contributed by atoms with van der Waals surface area (Å²) in [6.07, 6.45) is 1.82. The first kappa shape index (κ1) is 17.9. The molecule has 3 aromatic rings. The van der Waals surface area contributed by atoms with E-state index in [0.29, 0.717) is 6.54 Å². The van der Waals surface area contributed by atoms with E-state index in [2.05, 4.69) is 22.0 Å². The van der Waals surface area contributed by atoms with Crippen molar-refractivity contribution in [1.29, 1.82) is 0 Å². The van der Waals surface area contributed by atoms with E-state index < -0.39 is 0 Å². The number of ether oxygens (including phenoxy) is 1. The van der Waals surface area contributed by atoms with Gasteiger partial charge in [0.15, 0.2) is 0 Å². The van der Waals surface area contributed by atoms with E-state index >= 15 is 0 Å². The maximum Gasteiger partial charge on any atom is 0.219 e. The Bertz CT molecular complexity index is 944. The second-order valence-corrected chi connectivity index (χ2v) is 7.36. The SMILES string of the molecule is COc1ccc2[nH]cc(C(=O)C[NH+]3CCN(c4ccc(Cl)cc4)CC3)c2c1. The number of fused-ring (bicyclic) bond motifs is 1. The molecule has 2 N–H and O–H groups in total. The van der Waals surface area contributed by atoms with Gasteiger partial charge in [0, 0.05) is 33.4 Å². The Labute approximate surface area is 163 Å². The molecule has 0 bridgehead atoms. The molecule has 5 nitrogen and oxygen atoms in total.